The predicted octanol–water partition coefficient (Wildman–Crippen LogP) is 2.46. The van der Waals surface area contributed by atoms with E-state index in [-0.39, 0.29) is 24.4 Å². The lowest BCUT2D eigenvalue weighted by Gasteiger charge is -2.35. The number of nitrogens with two attached hydrogens (primary N) is 1. The van der Waals surface area contributed by atoms with Crippen molar-refractivity contribution >= 4 is 18.3 Å². The van der Waals surface area contributed by atoms with Crippen LogP contribution in [-0.2, 0) is 0 Å². The minimum absolute atomic E-state index is 0. The predicted molar refractivity (Wildman–Crippen MR) is 82.6 cm³/mol. The van der Waals surface area contributed by atoms with Crippen molar-refractivity contribution in [3.8, 4) is 5.75 Å². The fourth-order valence-electron chi connectivity index (χ4n) is 2.56. The summed E-state index contributed by atoms with van der Waals surface area (Å²) in [5.74, 6) is 0.811. The third-order valence-electron chi connectivity index (χ3n) is 3.55. The van der Waals surface area contributed by atoms with Gasteiger partial charge in [0.25, 0.3) is 5.91 Å². The number of ether oxygens (including phenoxy) is 1. The molecule has 0 aromatic heterocycles. The van der Waals surface area contributed by atoms with Crippen molar-refractivity contribution in [2.45, 2.75) is 32.2 Å². The van der Waals surface area contributed by atoms with Gasteiger partial charge in [0, 0.05) is 24.7 Å². The number of carbonyl (C=O) groups excluding carboxylic acids is 1. The third kappa shape index (κ3) is 3.87. The van der Waals surface area contributed by atoms with E-state index in [2.05, 4.69) is 0 Å². The average molecular weight is 299 g/mol. The van der Waals surface area contributed by atoms with Gasteiger partial charge in [-0.2, -0.15) is 0 Å². The Bertz CT molecular complexity index is 440. The van der Waals surface area contributed by atoms with E-state index in [0.717, 1.165) is 31.6 Å². The fourth-order valence-corrected chi connectivity index (χ4v) is 2.56. The van der Waals surface area contributed by atoms with E-state index in [1.54, 1.807) is 0 Å². The fraction of sp³-hybridized carbons (Fsp3) is 0.533. The second kappa shape index (κ2) is 8.12. The molecule has 20 heavy (non-hydrogen) atoms. The van der Waals surface area contributed by atoms with Gasteiger partial charge < -0.3 is 15.4 Å². The normalized spacial score (nSPS) is 18.3. The van der Waals surface area contributed by atoms with Crippen molar-refractivity contribution in [1.82, 2.24) is 4.90 Å². The monoisotopic (exact) mass is 298 g/mol. The Morgan fingerprint density at radius 2 is 2.25 bits per heavy atom. The number of amides is 1. The smallest absolute Gasteiger partial charge is 0.254 e. The van der Waals surface area contributed by atoms with Gasteiger partial charge >= 0.3 is 0 Å². The molecule has 0 aliphatic carbocycles. The molecule has 1 heterocycles. The summed E-state index contributed by atoms with van der Waals surface area (Å²) >= 11 is 0. The van der Waals surface area contributed by atoms with Gasteiger partial charge in [-0.25, -0.2) is 0 Å². The number of likely N-dealkylation sites (tertiary alicyclic amines) is 1. The van der Waals surface area contributed by atoms with Crippen LogP contribution in [0.3, 0.4) is 0 Å². The zero-order valence-electron chi connectivity index (χ0n) is 11.9. The second-order valence-corrected chi connectivity index (χ2v) is 4.84. The second-order valence-electron chi connectivity index (χ2n) is 4.84. The van der Waals surface area contributed by atoms with Gasteiger partial charge in [-0.1, -0.05) is 6.07 Å². The van der Waals surface area contributed by atoms with Crippen molar-refractivity contribution in [3.05, 3.63) is 29.8 Å². The van der Waals surface area contributed by atoms with Gasteiger partial charge in [-0.15, -0.1) is 12.4 Å². The van der Waals surface area contributed by atoms with Gasteiger partial charge in [0.2, 0.25) is 0 Å². The van der Waals surface area contributed by atoms with Crippen LogP contribution < -0.4 is 10.5 Å². The van der Waals surface area contributed by atoms with E-state index in [1.165, 1.54) is 0 Å². The van der Waals surface area contributed by atoms with Crippen LogP contribution in [0.5, 0.6) is 5.75 Å². The van der Waals surface area contributed by atoms with Crippen molar-refractivity contribution in [2.24, 2.45) is 5.73 Å². The molecule has 0 bridgehead atoms. The minimum atomic E-state index is 0. The van der Waals surface area contributed by atoms with Crippen molar-refractivity contribution < 1.29 is 9.53 Å². The molecule has 1 aliphatic heterocycles. The van der Waals surface area contributed by atoms with Crippen LogP contribution in [0.15, 0.2) is 24.3 Å². The number of nitrogens with zero attached hydrogens (tertiary/aromatic N) is 1. The van der Waals surface area contributed by atoms with Gasteiger partial charge in [0.05, 0.1) is 6.61 Å². The van der Waals surface area contributed by atoms with Gasteiger partial charge in [0.15, 0.2) is 0 Å². The topological polar surface area (TPSA) is 55.6 Å². The van der Waals surface area contributed by atoms with Crippen LogP contribution in [0.1, 0.15) is 36.5 Å². The Balaban J connectivity index is 0.00000200. The number of rotatable bonds is 4. The largest absolute Gasteiger partial charge is 0.494 e. The summed E-state index contributed by atoms with van der Waals surface area (Å²) in [5, 5.41) is 0. The quantitative estimate of drug-likeness (QED) is 0.929. The summed E-state index contributed by atoms with van der Waals surface area (Å²) in [6, 6.07) is 7.56. The van der Waals surface area contributed by atoms with Gasteiger partial charge in [-0.3, -0.25) is 4.79 Å². The molecule has 112 valence electrons. The zero-order valence-corrected chi connectivity index (χ0v) is 12.7. The molecule has 0 spiro atoms. The molecule has 4 nitrogen and oxygen atoms in total. The van der Waals surface area contributed by atoms with Crippen LogP contribution >= 0.6 is 12.4 Å². The molecule has 1 amide bonds. The van der Waals surface area contributed by atoms with Gasteiger partial charge in [-0.05, 0) is 44.4 Å². The maximum absolute atomic E-state index is 12.5. The van der Waals surface area contributed by atoms with E-state index in [4.69, 9.17) is 10.5 Å². The van der Waals surface area contributed by atoms with Crippen LogP contribution in [0.25, 0.3) is 0 Å². The molecule has 5 heteroatoms. The number of benzene rings is 1. The molecule has 1 unspecified atom stereocenters. The lowest BCUT2D eigenvalue weighted by atomic mass is 10.0. The summed E-state index contributed by atoms with van der Waals surface area (Å²) in [6.07, 6.45) is 3.23. The molecular formula is C15H23ClN2O2. The first-order valence-electron chi connectivity index (χ1n) is 7.00. The number of piperidine rings is 1. The van der Waals surface area contributed by atoms with E-state index in [9.17, 15) is 4.79 Å². The SMILES string of the molecule is CCOc1cccc(C(=O)N2CCCCC2CN)c1.Cl. The molecule has 0 radical (unpaired) electrons. The zero-order chi connectivity index (χ0) is 13.7. The Kier molecular flexibility index (Phi) is 6.82. The molecule has 1 fully saturated rings. The van der Waals surface area contributed by atoms with E-state index < -0.39 is 0 Å². The van der Waals surface area contributed by atoms with Crippen molar-refractivity contribution in [1.29, 1.82) is 0 Å². The number of hydrogen-bond donors (Lipinski definition) is 1. The van der Waals surface area contributed by atoms with Crippen LogP contribution in [-0.4, -0.2) is 36.5 Å². The number of carbonyl (C=O) groups is 1. The highest BCUT2D eigenvalue weighted by molar-refractivity contribution is 5.94. The highest BCUT2D eigenvalue weighted by atomic mass is 35.5. The summed E-state index contributed by atoms with van der Waals surface area (Å²) < 4.78 is 5.44. The number of halogens is 1. The molecule has 1 aromatic rings. The highest BCUT2D eigenvalue weighted by Gasteiger charge is 2.26. The molecule has 1 atom stereocenters. The van der Waals surface area contributed by atoms with E-state index >= 15 is 0 Å². The molecule has 2 rings (SSSR count). The lowest BCUT2D eigenvalue weighted by Crippen LogP contribution is -2.47. The van der Waals surface area contributed by atoms with E-state index in [0.29, 0.717) is 18.7 Å². The van der Waals surface area contributed by atoms with Crippen LogP contribution in [0.2, 0.25) is 0 Å². The maximum atomic E-state index is 12.5. The average Bonchev–Trinajstić information content (AvgIpc) is 2.47. The molecule has 1 saturated heterocycles. The minimum Gasteiger partial charge on any atom is -0.494 e. The number of hydrogen-bond acceptors (Lipinski definition) is 3. The summed E-state index contributed by atoms with van der Waals surface area (Å²) in [4.78, 5) is 14.5. The van der Waals surface area contributed by atoms with Crippen LogP contribution in [0.4, 0.5) is 0 Å². The Morgan fingerprint density at radius 3 is 2.95 bits per heavy atom. The van der Waals surface area contributed by atoms with Crippen LogP contribution in [0, 0.1) is 0 Å². The molecule has 1 aromatic carbocycles. The highest BCUT2D eigenvalue weighted by Crippen LogP contribution is 2.21. The Hall–Kier alpha value is -1.26. The van der Waals surface area contributed by atoms with E-state index in [1.807, 2.05) is 36.1 Å². The first kappa shape index (κ1) is 16.8. The molecule has 2 N–H and O–H groups in total. The third-order valence-corrected chi connectivity index (χ3v) is 3.55. The molecule has 0 saturated carbocycles. The summed E-state index contributed by atoms with van der Waals surface area (Å²) in [7, 11) is 0. The summed E-state index contributed by atoms with van der Waals surface area (Å²) in [6.45, 7) is 3.88. The maximum Gasteiger partial charge on any atom is 0.254 e. The lowest BCUT2D eigenvalue weighted by molar-refractivity contribution is 0.0623. The standard InChI is InChI=1S/C15H22N2O2.ClH/c1-2-19-14-8-5-6-12(10-14)15(18)17-9-4-3-7-13(17)11-16;/h5-6,8,10,13H,2-4,7,9,11,16H2,1H3;1H. The van der Waals surface area contributed by atoms with Gasteiger partial charge in [0.1, 0.15) is 5.75 Å². The Morgan fingerprint density at radius 1 is 1.45 bits per heavy atom. The summed E-state index contributed by atoms with van der Waals surface area (Å²) in [5.41, 5.74) is 6.45. The molecular weight excluding hydrogens is 276 g/mol. The van der Waals surface area contributed by atoms with Crippen molar-refractivity contribution in [3.63, 3.8) is 0 Å². The Labute approximate surface area is 126 Å². The first-order chi connectivity index (χ1) is 9.26. The van der Waals surface area contributed by atoms with Crippen molar-refractivity contribution in [2.75, 3.05) is 19.7 Å². The molecule has 1 aliphatic rings. The first-order valence-corrected chi connectivity index (χ1v) is 7.00.